The Bertz CT molecular complexity index is 669. The van der Waals surface area contributed by atoms with Crippen molar-refractivity contribution >= 4 is 29.0 Å². The molecule has 0 radical (unpaired) electrons. The molecule has 1 aliphatic carbocycles. The summed E-state index contributed by atoms with van der Waals surface area (Å²) < 4.78 is 5.25. The highest BCUT2D eigenvalue weighted by Crippen LogP contribution is 2.28. The van der Waals surface area contributed by atoms with Gasteiger partial charge in [-0.25, -0.2) is 0 Å². The number of nitrogens with zero attached hydrogens (tertiary/aromatic N) is 2. The van der Waals surface area contributed by atoms with Gasteiger partial charge in [-0.2, -0.15) is 4.98 Å². The van der Waals surface area contributed by atoms with E-state index in [4.69, 9.17) is 27.7 Å². The van der Waals surface area contributed by atoms with Crippen LogP contribution in [0.2, 0.25) is 10.0 Å². The van der Waals surface area contributed by atoms with E-state index in [9.17, 15) is 4.79 Å². The average molecular weight is 325 g/mol. The van der Waals surface area contributed by atoms with Crippen molar-refractivity contribution in [3.8, 4) is 11.4 Å². The van der Waals surface area contributed by atoms with Crippen LogP contribution in [-0.4, -0.2) is 15.9 Å². The summed E-state index contributed by atoms with van der Waals surface area (Å²) >= 11 is 11.9. The third kappa shape index (κ3) is 3.27. The molecule has 1 heterocycles. The number of Topliss-reactive ketones (excluding diaryl/α,β-unsaturated/α-hetero) is 1. The van der Waals surface area contributed by atoms with Gasteiger partial charge in [0, 0.05) is 24.3 Å². The van der Waals surface area contributed by atoms with Gasteiger partial charge in [0.25, 0.3) is 0 Å². The molecule has 3 rings (SSSR count). The third-order valence-electron chi connectivity index (χ3n) is 3.75. The zero-order chi connectivity index (χ0) is 14.8. The molecule has 6 heteroatoms. The molecule has 1 saturated carbocycles. The largest absolute Gasteiger partial charge is 0.339 e. The third-order valence-corrected chi connectivity index (χ3v) is 4.49. The first-order chi connectivity index (χ1) is 10.1. The van der Waals surface area contributed by atoms with Gasteiger partial charge in [-0.15, -0.1) is 0 Å². The van der Waals surface area contributed by atoms with Gasteiger partial charge < -0.3 is 4.52 Å². The minimum Gasteiger partial charge on any atom is -0.339 e. The van der Waals surface area contributed by atoms with Crippen molar-refractivity contribution in [2.75, 3.05) is 0 Å². The zero-order valence-corrected chi connectivity index (χ0v) is 12.8. The quantitative estimate of drug-likeness (QED) is 0.842. The minimum absolute atomic E-state index is 0.0147. The SMILES string of the molecule is O=C1CCCCC1Cc1nc(-c2ccc(Cl)c(Cl)c2)no1. The van der Waals surface area contributed by atoms with Crippen molar-refractivity contribution in [2.45, 2.75) is 32.1 Å². The van der Waals surface area contributed by atoms with Crippen molar-refractivity contribution < 1.29 is 9.32 Å². The fourth-order valence-corrected chi connectivity index (χ4v) is 2.87. The van der Waals surface area contributed by atoms with Gasteiger partial charge in [-0.05, 0) is 31.0 Å². The highest BCUT2D eigenvalue weighted by molar-refractivity contribution is 6.42. The van der Waals surface area contributed by atoms with Crippen molar-refractivity contribution in [2.24, 2.45) is 5.92 Å². The number of carbonyl (C=O) groups excluding carboxylic acids is 1. The number of ketones is 1. The maximum atomic E-state index is 11.8. The molecule has 110 valence electrons. The summed E-state index contributed by atoms with van der Waals surface area (Å²) in [6.45, 7) is 0. The average Bonchev–Trinajstić information content (AvgIpc) is 2.93. The highest BCUT2D eigenvalue weighted by Gasteiger charge is 2.24. The van der Waals surface area contributed by atoms with E-state index in [-0.39, 0.29) is 5.92 Å². The lowest BCUT2D eigenvalue weighted by molar-refractivity contribution is -0.124. The van der Waals surface area contributed by atoms with Crippen LogP contribution >= 0.6 is 23.2 Å². The molecule has 1 atom stereocenters. The maximum Gasteiger partial charge on any atom is 0.227 e. The molecule has 1 aromatic carbocycles. The Hall–Kier alpha value is -1.39. The van der Waals surface area contributed by atoms with E-state index in [0.29, 0.717) is 40.4 Å². The lowest BCUT2D eigenvalue weighted by Crippen LogP contribution is -2.21. The Balaban J connectivity index is 1.76. The standard InChI is InChI=1S/C15H14Cl2N2O2/c16-11-6-5-10(7-12(11)17)15-18-14(21-19-15)8-9-3-1-2-4-13(9)20/h5-7,9H,1-4,8H2. The number of halogens is 2. The van der Waals surface area contributed by atoms with Gasteiger partial charge in [0.05, 0.1) is 10.0 Å². The highest BCUT2D eigenvalue weighted by atomic mass is 35.5. The molecule has 1 aromatic heterocycles. The maximum absolute atomic E-state index is 11.8. The smallest absolute Gasteiger partial charge is 0.227 e. The summed E-state index contributed by atoms with van der Waals surface area (Å²) in [5, 5.41) is 4.88. The summed E-state index contributed by atoms with van der Waals surface area (Å²) in [5.74, 6) is 1.28. The van der Waals surface area contributed by atoms with Gasteiger partial charge in [-0.3, -0.25) is 4.79 Å². The van der Waals surface area contributed by atoms with Crippen LogP contribution < -0.4 is 0 Å². The Kier molecular flexibility index (Phi) is 4.27. The van der Waals surface area contributed by atoms with E-state index in [1.165, 1.54) is 0 Å². The molecule has 0 bridgehead atoms. The molecular formula is C15H14Cl2N2O2. The molecule has 0 spiro atoms. The van der Waals surface area contributed by atoms with Crippen LogP contribution in [0, 0.1) is 5.92 Å². The first-order valence-electron chi connectivity index (χ1n) is 6.94. The normalized spacial score (nSPS) is 19.0. The van der Waals surface area contributed by atoms with Crippen molar-refractivity contribution in [3.05, 3.63) is 34.1 Å². The molecule has 0 amide bonds. The van der Waals surface area contributed by atoms with E-state index >= 15 is 0 Å². The minimum atomic E-state index is 0.0147. The molecule has 2 aromatic rings. The first kappa shape index (κ1) is 14.5. The summed E-state index contributed by atoms with van der Waals surface area (Å²) in [7, 11) is 0. The molecule has 1 aliphatic rings. The van der Waals surface area contributed by atoms with Crippen LogP contribution in [0.1, 0.15) is 31.6 Å². The number of benzene rings is 1. The molecule has 0 saturated heterocycles. The molecule has 1 unspecified atom stereocenters. The molecule has 4 nitrogen and oxygen atoms in total. The molecule has 21 heavy (non-hydrogen) atoms. The Morgan fingerprint density at radius 2 is 2.10 bits per heavy atom. The zero-order valence-electron chi connectivity index (χ0n) is 11.3. The molecule has 1 fully saturated rings. The fraction of sp³-hybridized carbons (Fsp3) is 0.400. The second kappa shape index (κ2) is 6.16. The van der Waals surface area contributed by atoms with Gasteiger partial charge in [0.2, 0.25) is 11.7 Å². The summed E-state index contributed by atoms with van der Waals surface area (Å²) in [4.78, 5) is 16.2. The van der Waals surface area contributed by atoms with Crippen LogP contribution in [0.4, 0.5) is 0 Å². The number of rotatable bonds is 3. The molecule has 0 N–H and O–H groups in total. The number of carbonyl (C=O) groups is 1. The lowest BCUT2D eigenvalue weighted by Gasteiger charge is -2.18. The molecule has 0 aliphatic heterocycles. The van der Waals surface area contributed by atoms with E-state index in [1.807, 2.05) is 0 Å². The number of hydrogen-bond acceptors (Lipinski definition) is 4. The van der Waals surface area contributed by atoms with Gasteiger partial charge in [0.1, 0.15) is 5.78 Å². The van der Waals surface area contributed by atoms with E-state index in [1.54, 1.807) is 18.2 Å². The number of hydrogen-bond donors (Lipinski definition) is 0. The van der Waals surface area contributed by atoms with E-state index in [0.717, 1.165) is 24.8 Å². The predicted octanol–water partition coefficient (Wildman–Crippen LogP) is 4.35. The van der Waals surface area contributed by atoms with E-state index < -0.39 is 0 Å². The Morgan fingerprint density at radius 3 is 2.86 bits per heavy atom. The Labute approximate surface area is 132 Å². The summed E-state index contributed by atoms with van der Waals surface area (Å²) in [6.07, 6.45) is 4.17. The van der Waals surface area contributed by atoms with Crippen molar-refractivity contribution in [1.29, 1.82) is 0 Å². The van der Waals surface area contributed by atoms with Crippen LogP contribution in [0.25, 0.3) is 11.4 Å². The van der Waals surface area contributed by atoms with Crippen LogP contribution in [-0.2, 0) is 11.2 Å². The van der Waals surface area contributed by atoms with Crippen LogP contribution in [0.15, 0.2) is 22.7 Å². The first-order valence-corrected chi connectivity index (χ1v) is 7.70. The van der Waals surface area contributed by atoms with Crippen molar-refractivity contribution in [1.82, 2.24) is 10.1 Å². The fourth-order valence-electron chi connectivity index (χ4n) is 2.57. The van der Waals surface area contributed by atoms with Crippen molar-refractivity contribution in [3.63, 3.8) is 0 Å². The lowest BCUT2D eigenvalue weighted by atomic mass is 9.86. The second-order valence-corrected chi connectivity index (χ2v) is 6.07. The van der Waals surface area contributed by atoms with Crippen LogP contribution in [0.5, 0.6) is 0 Å². The van der Waals surface area contributed by atoms with Crippen LogP contribution in [0.3, 0.4) is 0 Å². The monoisotopic (exact) mass is 324 g/mol. The summed E-state index contributed by atoms with van der Waals surface area (Å²) in [5.41, 5.74) is 0.745. The van der Waals surface area contributed by atoms with Gasteiger partial charge >= 0.3 is 0 Å². The van der Waals surface area contributed by atoms with Gasteiger partial charge in [-0.1, -0.05) is 34.8 Å². The summed E-state index contributed by atoms with van der Waals surface area (Å²) in [6, 6.07) is 5.18. The van der Waals surface area contributed by atoms with E-state index in [2.05, 4.69) is 10.1 Å². The van der Waals surface area contributed by atoms with Gasteiger partial charge in [0.15, 0.2) is 0 Å². The number of aromatic nitrogens is 2. The molecular weight excluding hydrogens is 311 g/mol. The topological polar surface area (TPSA) is 56.0 Å². The Morgan fingerprint density at radius 1 is 1.24 bits per heavy atom. The predicted molar refractivity (Wildman–Crippen MR) is 80.4 cm³/mol. The second-order valence-electron chi connectivity index (χ2n) is 5.25.